The molecular formula is C16H21N3O2. The number of rotatable bonds is 2. The molecule has 0 bridgehead atoms. The number of amides is 2. The lowest BCUT2D eigenvalue weighted by molar-refractivity contribution is -0.134. The van der Waals surface area contributed by atoms with Crippen molar-refractivity contribution >= 4 is 17.5 Å². The Balaban J connectivity index is 1.60. The number of likely N-dealkylation sites (tertiary alicyclic amines) is 1. The van der Waals surface area contributed by atoms with Crippen molar-refractivity contribution in [3.8, 4) is 0 Å². The van der Waals surface area contributed by atoms with Gasteiger partial charge in [-0.3, -0.25) is 9.59 Å². The first-order chi connectivity index (χ1) is 10.1. The summed E-state index contributed by atoms with van der Waals surface area (Å²) in [5.41, 5.74) is 7.39. The fourth-order valence-corrected chi connectivity index (χ4v) is 3.33. The van der Waals surface area contributed by atoms with E-state index in [1.165, 1.54) is 0 Å². The maximum absolute atomic E-state index is 12.4. The average molecular weight is 287 g/mol. The van der Waals surface area contributed by atoms with Gasteiger partial charge in [0.25, 0.3) is 0 Å². The molecule has 2 aliphatic rings. The van der Waals surface area contributed by atoms with E-state index in [2.05, 4.69) is 5.32 Å². The third-order valence-corrected chi connectivity index (χ3v) is 4.48. The molecule has 2 saturated heterocycles. The lowest BCUT2D eigenvalue weighted by Crippen LogP contribution is -2.55. The molecule has 0 aliphatic carbocycles. The summed E-state index contributed by atoms with van der Waals surface area (Å²) in [6.45, 7) is 1.48. The van der Waals surface area contributed by atoms with E-state index < -0.39 is 0 Å². The number of anilines is 1. The Morgan fingerprint density at radius 3 is 3.05 bits per heavy atom. The predicted molar refractivity (Wildman–Crippen MR) is 80.4 cm³/mol. The van der Waals surface area contributed by atoms with Gasteiger partial charge in [0.15, 0.2) is 0 Å². The average Bonchev–Trinajstić information content (AvgIpc) is 2.46. The summed E-state index contributed by atoms with van der Waals surface area (Å²) in [6, 6.07) is 7.74. The normalized spacial score (nSPS) is 25.1. The highest BCUT2D eigenvalue weighted by Gasteiger charge is 2.35. The van der Waals surface area contributed by atoms with Gasteiger partial charge in [0.1, 0.15) is 0 Å². The highest BCUT2D eigenvalue weighted by atomic mass is 16.2. The van der Waals surface area contributed by atoms with Gasteiger partial charge in [-0.15, -0.1) is 0 Å². The van der Waals surface area contributed by atoms with Crippen molar-refractivity contribution in [3.05, 3.63) is 29.8 Å². The minimum Gasteiger partial charge on any atom is -0.399 e. The molecule has 5 nitrogen and oxygen atoms in total. The van der Waals surface area contributed by atoms with E-state index in [0.29, 0.717) is 24.4 Å². The Morgan fingerprint density at radius 1 is 1.38 bits per heavy atom. The van der Waals surface area contributed by atoms with Crippen molar-refractivity contribution in [2.75, 3.05) is 18.8 Å². The smallest absolute Gasteiger partial charge is 0.227 e. The number of nitrogen functional groups attached to an aromatic ring is 1. The molecule has 21 heavy (non-hydrogen) atoms. The van der Waals surface area contributed by atoms with Crippen LogP contribution in [0.4, 0.5) is 5.69 Å². The van der Waals surface area contributed by atoms with Crippen LogP contribution in [-0.2, 0) is 16.0 Å². The molecule has 0 saturated carbocycles. The second kappa shape index (κ2) is 5.76. The quantitative estimate of drug-likeness (QED) is 0.795. The van der Waals surface area contributed by atoms with E-state index in [9.17, 15) is 9.59 Å². The summed E-state index contributed by atoms with van der Waals surface area (Å²) in [6.07, 6.45) is 2.73. The topological polar surface area (TPSA) is 75.4 Å². The lowest BCUT2D eigenvalue weighted by atomic mass is 9.85. The molecule has 3 N–H and O–H groups in total. The second-order valence-electron chi connectivity index (χ2n) is 6.02. The summed E-state index contributed by atoms with van der Waals surface area (Å²) >= 11 is 0. The zero-order chi connectivity index (χ0) is 14.8. The van der Waals surface area contributed by atoms with E-state index in [1.54, 1.807) is 0 Å². The number of benzene rings is 1. The summed E-state index contributed by atoms with van der Waals surface area (Å²) in [7, 11) is 0. The number of hydrogen-bond acceptors (Lipinski definition) is 3. The van der Waals surface area contributed by atoms with Gasteiger partial charge >= 0.3 is 0 Å². The van der Waals surface area contributed by atoms with Crippen LogP contribution in [0.3, 0.4) is 0 Å². The maximum Gasteiger partial charge on any atom is 0.227 e. The molecule has 2 fully saturated rings. The highest BCUT2D eigenvalue weighted by Crippen LogP contribution is 2.25. The third kappa shape index (κ3) is 3.17. The molecule has 112 valence electrons. The molecule has 3 rings (SSSR count). The van der Waals surface area contributed by atoms with Crippen LogP contribution in [0, 0.1) is 5.92 Å². The van der Waals surface area contributed by atoms with E-state index in [-0.39, 0.29) is 17.9 Å². The second-order valence-corrected chi connectivity index (χ2v) is 6.02. The number of carbonyl (C=O) groups excluding carboxylic acids is 2. The van der Waals surface area contributed by atoms with Crippen LogP contribution in [0.2, 0.25) is 0 Å². The van der Waals surface area contributed by atoms with Gasteiger partial charge in [0.2, 0.25) is 11.8 Å². The minimum absolute atomic E-state index is 0.149. The largest absolute Gasteiger partial charge is 0.399 e. The molecule has 1 aromatic carbocycles. The van der Waals surface area contributed by atoms with E-state index in [4.69, 9.17) is 5.73 Å². The summed E-state index contributed by atoms with van der Waals surface area (Å²) < 4.78 is 0. The molecule has 1 aromatic rings. The Bertz CT molecular complexity index is 558. The Kier molecular flexibility index (Phi) is 3.82. The number of nitrogens with zero attached hydrogens (tertiary/aromatic N) is 1. The fraction of sp³-hybridized carbons (Fsp3) is 0.500. The number of fused-ring (bicyclic) bond motifs is 1. The Morgan fingerprint density at radius 2 is 2.24 bits per heavy atom. The van der Waals surface area contributed by atoms with Crippen molar-refractivity contribution < 1.29 is 9.59 Å². The predicted octanol–water partition coefficient (Wildman–Crippen LogP) is 0.938. The minimum atomic E-state index is 0.149. The fourth-order valence-electron chi connectivity index (χ4n) is 3.33. The van der Waals surface area contributed by atoms with Crippen molar-refractivity contribution in [1.29, 1.82) is 0 Å². The highest BCUT2D eigenvalue weighted by molar-refractivity contribution is 5.80. The molecule has 2 unspecified atom stereocenters. The van der Waals surface area contributed by atoms with E-state index in [0.717, 1.165) is 31.5 Å². The Hall–Kier alpha value is -2.04. The number of carbonyl (C=O) groups is 2. The Labute approximate surface area is 124 Å². The molecule has 0 radical (unpaired) electrons. The SMILES string of the molecule is Nc1cccc(CC(=O)N2CCC3NC(=O)CCC3C2)c1. The first-order valence-corrected chi connectivity index (χ1v) is 7.53. The van der Waals surface area contributed by atoms with Gasteiger partial charge in [0, 0.05) is 31.2 Å². The summed E-state index contributed by atoms with van der Waals surface area (Å²) in [5.74, 6) is 0.702. The molecule has 2 amide bonds. The molecule has 0 aromatic heterocycles. The van der Waals surface area contributed by atoms with Gasteiger partial charge in [0.05, 0.1) is 6.42 Å². The standard InChI is InChI=1S/C16H21N3O2/c17-13-3-1-2-11(8-13)9-16(21)19-7-6-14-12(10-19)4-5-15(20)18-14/h1-3,8,12,14H,4-7,9-10,17H2,(H,18,20). The van der Waals surface area contributed by atoms with Gasteiger partial charge in [-0.25, -0.2) is 0 Å². The van der Waals surface area contributed by atoms with Gasteiger partial charge in [-0.1, -0.05) is 12.1 Å². The monoisotopic (exact) mass is 287 g/mol. The number of hydrogen-bond donors (Lipinski definition) is 2. The van der Waals surface area contributed by atoms with Gasteiger partial charge in [-0.2, -0.15) is 0 Å². The molecule has 5 heteroatoms. The first kappa shape index (κ1) is 13.9. The van der Waals surface area contributed by atoms with Crippen LogP contribution >= 0.6 is 0 Å². The van der Waals surface area contributed by atoms with Crippen LogP contribution in [0.25, 0.3) is 0 Å². The molecular weight excluding hydrogens is 266 g/mol. The number of nitrogens with two attached hydrogens (primary N) is 1. The van der Waals surface area contributed by atoms with Crippen LogP contribution < -0.4 is 11.1 Å². The number of nitrogens with one attached hydrogen (secondary N) is 1. The van der Waals surface area contributed by atoms with Crippen LogP contribution in [0.5, 0.6) is 0 Å². The van der Waals surface area contributed by atoms with Crippen LogP contribution in [0.15, 0.2) is 24.3 Å². The molecule has 2 atom stereocenters. The van der Waals surface area contributed by atoms with E-state index >= 15 is 0 Å². The van der Waals surface area contributed by atoms with Crippen LogP contribution in [-0.4, -0.2) is 35.8 Å². The van der Waals surface area contributed by atoms with Crippen molar-refractivity contribution in [2.45, 2.75) is 31.7 Å². The van der Waals surface area contributed by atoms with E-state index in [1.807, 2.05) is 29.2 Å². The lowest BCUT2D eigenvalue weighted by Gasteiger charge is -2.41. The van der Waals surface area contributed by atoms with Crippen LogP contribution in [0.1, 0.15) is 24.8 Å². The van der Waals surface area contributed by atoms with Gasteiger partial charge < -0.3 is 16.0 Å². The number of piperidine rings is 2. The molecule has 0 spiro atoms. The van der Waals surface area contributed by atoms with Crippen molar-refractivity contribution in [3.63, 3.8) is 0 Å². The molecule has 2 aliphatic heterocycles. The van der Waals surface area contributed by atoms with Gasteiger partial charge in [-0.05, 0) is 36.5 Å². The zero-order valence-electron chi connectivity index (χ0n) is 12.0. The van der Waals surface area contributed by atoms with Crippen molar-refractivity contribution in [1.82, 2.24) is 10.2 Å². The zero-order valence-corrected chi connectivity index (χ0v) is 12.0. The first-order valence-electron chi connectivity index (χ1n) is 7.53. The summed E-state index contributed by atoms with van der Waals surface area (Å²) in [5, 5.41) is 3.04. The maximum atomic E-state index is 12.4. The molecule has 2 heterocycles. The van der Waals surface area contributed by atoms with Crippen molar-refractivity contribution in [2.24, 2.45) is 5.92 Å². The third-order valence-electron chi connectivity index (χ3n) is 4.48. The summed E-state index contributed by atoms with van der Waals surface area (Å²) in [4.78, 5) is 25.8.